The van der Waals surface area contributed by atoms with Crippen LogP contribution in [-0.2, 0) is 0 Å². The normalized spacial score (nSPS) is 10.9. The van der Waals surface area contributed by atoms with Crippen LogP contribution >= 0.6 is 23.2 Å². The van der Waals surface area contributed by atoms with Crippen LogP contribution in [0.25, 0.3) is 11.6 Å². The fourth-order valence-electron chi connectivity index (χ4n) is 2.62. The Bertz CT molecular complexity index is 1120. The third-order valence-electron chi connectivity index (χ3n) is 4.07. The summed E-state index contributed by atoms with van der Waals surface area (Å²) < 4.78 is 10.8. The number of benzene rings is 3. The Labute approximate surface area is 178 Å². The van der Waals surface area contributed by atoms with Crippen LogP contribution in [0.5, 0.6) is 11.5 Å². The molecule has 3 aromatic carbocycles. The lowest BCUT2D eigenvalue weighted by molar-refractivity contribution is 0.0730. The van der Waals surface area contributed by atoms with Crippen LogP contribution < -0.4 is 9.47 Å². The zero-order valence-corrected chi connectivity index (χ0v) is 16.9. The first kappa shape index (κ1) is 20.5. The number of hydrogen-bond acceptors (Lipinski definition) is 4. The fourth-order valence-corrected chi connectivity index (χ4v) is 2.96. The zero-order valence-electron chi connectivity index (χ0n) is 15.4. The first-order valence-electron chi connectivity index (χ1n) is 8.54. The van der Waals surface area contributed by atoms with Crippen molar-refractivity contribution in [2.75, 3.05) is 7.11 Å². The number of nitriles is 1. The molecule has 3 aromatic rings. The number of rotatable bonds is 5. The van der Waals surface area contributed by atoms with Gasteiger partial charge in [-0.25, -0.2) is 4.79 Å². The number of methoxy groups -OCH3 is 1. The minimum absolute atomic E-state index is 0.250. The molecule has 0 aliphatic carbocycles. The molecule has 0 fully saturated rings. The van der Waals surface area contributed by atoms with Gasteiger partial charge in [0.1, 0.15) is 0 Å². The van der Waals surface area contributed by atoms with Gasteiger partial charge in [0.25, 0.3) is 0 Å². The molecule has 0 heterocycles. The number of allylic oxidation sites excluding steroid dienone is 1. The lowest BCUT2D eigenvalue weighted by Gasteiger charge is -2.11. The smallest absolute Gasteiger partial charge is 0.345 e. The van der Waals surface area contributed by atoms with Crippen molar-refractivity contribution in [3.63, 3.8) is 0 Å². The second kappa shape index (κ2) is 9.29. The third kappa shape index (κ3) is 4.97. The predicted octanol–water partition coefficient (Wildman–Crippen LogP) is 6.29. The van der Waals surface area contributed by atoms with Gasteiger partial charge in [-0.1, -0.05) is 53.5 Å². The second-order valence-electron chi connectivity index (χ2n) is 5.96. The summed E-state index contributed by atoms with van der Waals surface area (Å²) in [6.07, 6.45) is 1.71. The largest absolute Gasteiger partial charge is 0.493 e. The van der Waals surface area contributed by atoms with Crippen molar-refractivity contribution in [2.45, 2.75) is 0 Å². The Kier molecular flexibility index (Phi) is 6.56. The van der Waals surface area contributed by atoms with Crippen molar-refractivity contribution in [3.05, 3.63) is 93.5 Å². The van der Waals surface area contributed by atoms with Crippen molar-refractivity contribution in [3.8, 4) is 17.6 Å². The number of halogens is 2. The molecule has 0 aliphatic heterocycles. The van der Waals surface area contributed by atoms with Crippen LogP contribution in [-0.4, -0.2) is 13.1 Å². The van der Waals surface area contributed by atoms with E-state index in [0.717, 1.165) is 5.56 Å². The summed E-state index contributed by atoms with van der Waals surface area (Å²) in [4.78, 5) is 12.4. The van der Waals surface area contributed by atoms with E-state index >= 15 is 0 Å². The lowest BCUT2D eigenvalue weighted by atomic mass is 10.0. The highest BCUT2D eigenvalue weighted by molar-refractivity contribution is 6.33. The Morgan fingerprint density at radius 1 is 1.00 bits per heavy atom. The van der Waals surface area contributed by atoms with Crippen molar-refractivity contribution in [2.24, 2.45) is 0 Å². The van der Waals surface area contributed by atoms with Crippen LogP contribution in [0.15, 0.2) is 66.7 Å². The molecule has 4 nitrogen and oxygen atoms in total. The average molecular weight is 424 g/mol. The Morgan fingerprint density at radius 2 is 1.72 bits per heavy atom. The van der Waals surface area contributed by atoms with Crippen molar-refractivity contribution in [1.29, 1.82) is 5.26 Å². The van der Waals surface area contributed by atoms with Gasteiger partial charge in [0, 0.05) is 5.02 Å². The summed E-state index contributed by atoms with van der Waals surface area (Å²) >= 11 is 12.0. The predicted molar refractivity (Wildman–Crippen MR) is 114 cm³/mol. The van der Waals surface area contributed by atoms with Gasteiger partial charge in [-0.2, -0.15) is 5.26 Å². The number of hydrogen-bond donors (Lipinski definition) is 0. The highest BCUT2D eigenvalue weighted by Crippen LogP contribution is 2.31. The van der Waals surface area contributed by atoms with Crippen molar-refractivity contribution < 1.29 is 14.3 Å². The van der Waals surface area contributed by atoms with Crippen LogP contribution in [0.1, 0.15) is 21.5 Å². The molecular formula is C23H15Cl2NO3. The molecule has 0 aliphatic rings. The molecule has 144 valence electrons. The quantitative estimate of drug-likeness (QED) is 0.209. The molecular weight excluding hydrogens is 409 g/mol. The molecule has 0 unspecified atom stereocenters. The Hall–Kier alpha value is -3.26. The van der Waals surface area contributed by atoms with Gasteiger partial charge in [0.2, 0.25) is 0 Å². The summed E-state index contributed by atoms with van der Waals surface area (Å²) in [7, 11) is 1.47. The van der Waals surface area contributed by atoms with Gasteiger partial charge in [0.15, 0.2) is 11.5 Å². The number of carbonyl (C=O) groups excluding carboxylic acids is 1. The molecule has 3 rings (SSSR count). The van der Waals surface area contributed by atoms with Crippen LogP contribution in [0.3, 0.4) is 0 Å². The highest BCUT2D eigenvalue weighted by atomic mass is 35.5. The molecule has 29 heavy (non-hydrogen) atoms. The van der Waals surface area contributed by atoms with Crippen molar-refractivity contribution in [1.82, 2.24) is 0 Å². The zero-order chi connectivity index (χ0) is 20.8. The summed E-state index contributed by atoms with van der Waals surface area (Å²) in [5.74, 6) is 0.0168. The van der Waals surface area contributed by atoms with Crippen LogP contribution in [0.2, 0.25) is 10.0 Å². The highest BCUT2D eigenvalue weighted by Gasteiger charge is 2.15. The lowest BCUT2D eigenvalue weighted by Crippen LogP contribution is -2.09. The summed E-state index contributed by atoms with van der Waals surface area (Å²) in [5, 5.41) is 10.4. The molecule has 0 spiro atoms. The van der Waals surface area contributed by atoms with E-state index in [1.54, 1.807) is 72.8 Å². The van der Waals surface area contributed by atoms with Crippen LogP contribution in [0, 0.1) is 11.3 Å². The first-order chi connectivity index (χ1) is 14.0. The number of esters is 1. The number of carbonyl (C=O) groups is 1. The van der Waals surface area contributed by atoms with E-state index in [4.69, 9.17) is 32.7 Å². The summed E-state index contributed by atoms with van der Waals surface area (Å²) in [6, 6.07) is 20.8. The van der Waals surface area contributed by atoms with Gasteiger partial charge >= 0.3 is 5.97 Å². The summed E-state index contributed by atoms with van der Waals surface area (Å²) in [5.41, 5.74) is 2.18. The van der Waals surface area contributed by atoms with Gasteiger partial charge in [0.05, 0.1) is 29.3 Å². The first-order valence-corrected chi connectivity index (χ1v) is 9.30. The molecule has 0 saturated carbocycles. The SMILES string of the molecule is COc1cc(C=C(C#N)c2ccc(Cl)cc2)ccc1OC(=O)c1ccccc1Cl. The molecule has 6 heteroatoms. The monoisotopic (exact) mass is 423 g/mol. The van der Waals surface area contributed by atoms with Crippen LogP contribution in [0.4, 0.5) is 0 Å². The maximum Gasteiger partial charge on any atom is 0.345 e. The van der Waals surface area contributed by atoms with E-state index in [1.165, 1.54) is 7.11 Å². The molecule has 0 bridgehead atoms. The maximum atomic E-state index is 12.4. The Morgan fingerprint density at radius 3 is 2.38 bits per heavy atom. The third-order valence-corrected chi connectivity index (χ3v) is 4.65. The van der Waals surface area contributed by atoms with E-state index in [0.29, 0.717) is 26.9 Å². The molecule has 0 amide bonds. The second-order valence-corrected chi connectivity index (χ2v) is 6.80. The van der Waals surface area contributed by atoms with E-state index in [-0.39, 0.29) is 11.3 Å². The van der Waals surface area contributed by atoms with Crippen molar-refractivity contribution >= 4 is 40.8 Å². The van der Waals surface area contributed by atoms with Gasteiger partial charge in [-0.15, -0.1) is 0 Å². The molecule has 0 N–H and O–H groups in total. The van der Waals surface area contributed by atoms with E-state index in [1.807, 2.05) is 0 Å². The molecule has 0 atom stereocenters. The van der Waals surface area contributed by atoms with Gasteiger partial charge < -0.3 is 9.47 Å². The summed E-state index contributed by atoms with van der Waals surface area (Å²) in [6.45, 7) is 0. The molecule has 0 aromatic heterocycles. The fraction of sp³-hybridized carbons (Fsp3) is 0.0435. The minimum Gasteiger partial charge on any atom is -0.493 e. The standard InChI is InChI=1S/C23H15Cl2NO3/c1-28-22-13-15(12-17(14-26)16-7-9-18(24)10-8-16)6-11-21(22)29-23(27)19-4-2-3-5-20(19)25/h2-13H,1H3. The van der Waals surface area contributed by atoms with E-state index in [9.17, 15) is 10.1 Å². The Balaban J connectivity index is 1.88. The molecule has 0 radical (unpaired) electrons. The van der Waals surface area contributed by atoms with Gasteiger partial charge in [-0.3, -0.25) is 0 Å². The minimum atomic E-state index is -0.587. The number of ether oxygens (including phenoxy) is 2. The number of nitrogens with zero attached hydrogens (tertiary/aromatic N) is 1. The average Bonchev–Trinajstić information content (AvgIpc) is 2.73. The van der Waals surface area contributed by atoms with Gasteiger partial charge in [-0.05, 0) is 53.6 Å². The molecule has 0 saturated heterocycles. The van der Waals surface area contributed by atoms with E-state index < -0.39 is 5.97 Å². The van der Waals surface area contributed by atoms with E-state index in [2.05, 4.69) is 6.07 Å². The maximum absolute atomic E-state index is 12.4. The topological polar surface area (TPSA) is 59.3 Å².